The first-order valence-corrected chi connectivity index (χ1v) is 4.25. The molecule has 0 bridgehead atoms. The van der Waals surface area contributed by atoms with Crippen LogP contribution in [0.15, 0.2) is 22.6 Å². The third-order valence-corrected chi connectivity index (χ3v) is 1.66. The van der Waals surface area contributed by atoms with Gasteiger partial charge in [0.25, 0.3) is 5.91 Å². The van der Waals surface area contributed by atoms with E-state index >= 15 is 0 Å². The minimum atomic E-state index is -0.479. The van der Waals surface area contributed by atoms with Crippen LogP contribution in [0, 0.1) is 0 Å². The van der Waals surface area contributed by atoms with Crippen molar-refractivity contribution in [2.75, 3.05) is 14.2 Å². The predicted molar refractivity (Wildman–Crippen MR) is 53.1 cm³/mol. The molecule has 1 aromatic rings. The predicted octanol–water partition coefficient (Wildman–Crippen LogP) is 0.825. The first kappa shape index (κ1) is 11.0. The van der Waals surface area contributed by atoms with Crippen LogP contribution >= 0.6 is 0 Å². The van der Waals surface area contributed by atoms with Crippen molar-refractivity contribution < 1.29 is 18.7 Å². The van der Waals surface area contributed by atoms with Gasteiger partial charge in [0.15, 0.2) is 5.76 Å². The van der Waals surface area contributed by atoms with Gasteiger partial charge < -0.3 is 14.5 Å². The summed E-state index contributed by atoms with van der Waals surface area (Å²) >= 11 is 0. The van der Waals surface area contributed by atoms with Gasteiger partial charge in [0.2, 0.25) is 0 Å². The number of methoxy groups -OCH3 is 1. The zero-order valence-corrected chi connectivity index (χ0v) is 8.44. The maximum Gasteiger partial charge on any atom is 0.330 e. The maximum atomic E-state index is 11.1. The summed E-state index contributed by atoms with van der Waals surface area (Å²) in [6, 6.07) is 3.11. The van der Waals surface area contributed by atoms with Crippen molar-refractivity contribution in [3.8, 4) is 0 Å². The number of rotatable bonds is 3. The molecular formula is C10H11NO4. The van der Waals surface area contributed by atoms with Crippen molar-refractivity contribution in [2.45, 2.75) is 0 Å². The highest BCUT2D eigenvalue weighted by atomic mass is 16.5. The topological polar surface area (TPSA) is 68.5 Å². The summed E-state index contributed by atoms with van der Waals surface area (Å²) in [4.78, 5) is 21.9. The largest absolute Gasteiger partial charge is 0.466 e. The lowest BCUT2D eigenvalue weighted by Crippen LogP contribution is -2.16. The summed E-state index contributed by atoms with van der Waals surface area (Å²) < 4.78 is 9.53. The van der Waals surface area contributed by atoms with Gasteiger partial charge >= 0.3 is 5.97 Å². The van der Waals surface area contributed by atoms with Crippen molar-refractivity contribution in [3.63, 3.8) is 0 Å². The number of hydrogen-bond donors (Lipinski definition) is 1. The van der Waals surface area contributed by atoms with E-state index in [0.29, 0.717) is 5.76 Å². The minimum absolute atomic E-state index is 0.196. The van der Waals surface area contributed by atoms with Gasteiger partial charge in [0, 0.05) is 13.1 Å². The molecule has 0 atom stereocenters. The number of ether oxygens (including phenoxy) is 1. The van der Waals surface area contributed by atoms with Crippen LogP contribution in [0.5, 0.6) is 0 Å². The number of furan rings is 1. The number of amides is 1. The molecule has 5 nitrogen and oxygen atoms in total. The molecule has 0 radical (unpaired) electrons. The second-order valence-corrected chi connectivity index (χ2v) is 2.64. The molecule has 80 valence electrons. The number of hydrogen-bond acceptors (Lipinski definition) is 4. The molecule has 0 aliphatic heterocycles. The van der Waals surface area contributed by atoms with Gasteiger partial charge in [0.1, 0.15) is 5.76 Å². The Morgan fingerprint density at radius 1 is 1.47 bits per heavy atom. The first-order chi connectivity index (χ1) is 7.17. The van der Waals surface area contributed by atoms with Crippen LogP contribution < -0.4 is 5.32 Å². The fourth-order valence-electron chi connectivity index (χ4n) is 0.906. The van der Waals surface area contributed by atoms with Crippen molar-refractivity contribution >= 4 is 18.0 Å². The quantitative estimate of drug-likeness (QED) is 0.591. The molecule has 15 heavy (non-hydrogen) atoms. The van der Waals surface area contributed by atoms with E-state index in [4.69, 9.17) is 4.42 Å². The molecule has 0 aliphatic carbocycles. The smallest absolute Gasteiger partial charge is 0.330 e. The lowest BCUT2D eigenvalue weighted by atomic mass is 10.4. The Morgan fingerprint density at radius 2 is 2.20 bits per heavy atom. The van der Waals surface area contributed by atoms with Crippen LogP contribution in [-0.2, 0) is 9.53 Å². The van der Waals surface area contributed by atoms with Gasteiger partial charge in [0.05, 0.1) is 7.11 Å². The number of carbonyl (C=O) groups excluding carboxylic acids is 2. The normalized spacial score (nSPS) is 10.3. The van der Waals surface area contributed by atoms with E-state index in [1.54, 1.807) is 6.07 Å². The molecule has 0 saturated carbocycles. The van der Waals surface area contributed by atoms with E-state index in [0.717, 1.165) is 0 Å². The van der Waals surface area contributed by atoms with Gasteiger partial charge in [-0.05, 0) is 18.2 Å². The van der Waals surface area contributed by atoms with Crippen molar-refractivity contribution in [2.24, 2.45) is 0 Å². The standard InChI is InChI=1S/C10H11NO4/c1-11-10(13)8-5-3-7(15-8)4-6-9(12)14-2/h3-6H,1-2H3,(H,11,13)/b6-4+. The molecule has 1 heterocycles. The van der Waals surface area contributed by atoms with Gasteiger partial charge in [-0.25, -0.2) is 4.79 Å². The van der Waals surface area contributed by atoms with E-state index < -0.39 is 5.97 Å². The summed E-state index contributed by atoms with van der Waals surface area (Å²) in [5.41, 5.74) is 0. The molecule has 1 amide bonds. The third kappa shape index (κ3) is 2.98. The van der Waals surface area contributed by atoms with Crippen LogP contribution in [0.3, 0.4) is 0 Å². The molecular weight excluding hydrogens is 198 g/mol. The Hall–Kier alpha value is -2.04. The lowest BCUT2D eigenvalue weighted by molar-refractivity contribution is -0.134. The molecule has 0 aromatic carbocycles. The van der Waals surface area contributed by atoms with Crippen LogP contribution in [0.2, 0.25) is 0 Å². The molecule has 1 rings (SSSR count). The second-order valence-electron chi connectivity index (χ2n) is 2.64. The summed E-state index contributed by atoms with van der Waals surface area (Å²) in [5, 5.41) is 2.42. The summed E-state index contributed by atoms with van der Waals surface area (Å²) in [7, 11) is 2.79. The SMILES string of the molecule is CNC(=O)c1ccc(/C=C/C(=O)OC)o1. The number of nitrogens with one attached hydrogen (secondary N) is 1. The first-order valence-electron chi connectivity index (χ1n) is 4.25. The van der Waals surface area contributed by atoms with E-state index in [1.807, 2.05) is 0 Å². The maximum absolute atomic E-state index is 11.1. The lowest BCUT2D eigenvalue weighted by Gasteiger charge is -1.92. The molecule has 0 fully saturated rings. The minimum Gasteiger partial charge on any atom is -0.466 e. The van der Waals surface area contributed by atoms with Crippen molar-refractivity contribution in [3.05, 3.63) is 29.7 Å². The van der Waals surface area contributed by atoms with Crippen LogP contribution in [0.4, 0.5) is 0 Å². The van der Waals surface area contributed by atoms with Crippen LogP contribution in [0.1, 0.15) is 16.3 Å². The molecule has 5 heteroatoms. The Kier molecular flexibility index (Phi) is 3.68. The van der Waals surface area contributed by atoms with E-state index in [1.165, 1.54) is 32.4 Å². The molecule has 0 unspecified atom stereocenters. The summed E-state index contributed by atoms with van der Waals surface area (Å²) in [6.45, 7) is 0. The molecule has 0 spiro atoms. The summed E-state index contributed by atoms with van der Waals surface area (Å²) in [6.07, 6.45) is 2.64. The van der Waals surface area contributed by atoms with Crippen LogP contribution in [-0.4, -0.2) is 26.0 Å². The van der Waals surface area contributed by atoms with Crippen LogP contribution in [0.25, 0.3) is 6.08 Å². The van der Waals surface area contributed by atoms with Crippen molar-refractivity contribution in [1.29, 1.82) is 0 Å². The Bertz CT molecular complexity index is 392. The zero-order valence-electron chi connectivity index (χ0n) is 8.44. The Morgan fingerprint density at radius 3 is 2.80 bits per heavy atom. The molecule has 1 aromatic heterocycles. The Labute approximate surface area is 86.7 Å². The highest BCUT2D eigenvalue weighted by molar-refractivity contribution is 5.91. The molecule has 0 aliphatic rings. The van der Waals surface area contributed by atoms with Gasteiger partial charge in [-0.2, -0.15) is 0 Å². The van der Waals surface area contributed by atoms with Gasteiger partial charge in [-0.1, -0.05) is 0 Å². The molecule has 0 saturated heterocycles. The number of carbonyl (C=O) groups is 2. The fourth-order valence-corrected chi connectivity index (χ4v) is 0.906. The molecule has 1 N–H and O–H groups in total. The van der Waals surface area contributed by atoms with Gasteiger partial charge in [-0.15, -0.1) is 0 Å². The highest BCUT2D eigenvalue weighted by Gasteiger charge is 2.07. The Balaban J connectivity index is 2.72. The van der Waals surface area contributed by atoms with Crippen molar-refractivity contribution in [1.82, 2.24) is 5.32 Å². The zero-order chi connectivity index (χ0) is 11.3. The fraction of sp³-hybridized carbons (Fsp3) is 0.200. The number of esters is 1. The third-order valence-electron chi connectivity index (χ3n) is 1.66. The average Bonchev–Trinajstić information content (AvgIpc) is 2.73. The second kappa shape index (κ2) is 4.99. The van der Waals surface area contributed by atoms with E-state index in [-0.39, 0.29) is 11.7 Å². The average molecular weight is 209 g/mol. The highest BCUT2D eigenvalue weighted by Crippen LogP contribution is 2.09. The van der Waals surface area contributed by atoms with E-state index in [9.17, 15) is 9.59 Å². The monoisotopic (exact) mass is 209 g/mol. The van der Waals surface area contributed by atoms with Gasteiger partial charge in [-0.3, -0.25) is 4.79 Å². The summed E-state index contributed by atoms with van der Waals surface area (Å²) in [5.74, 6) is -0.179. The van der Waals surface area contributed by atoms with E-state index in [2.05, 4.69) is 10.1 Å².